The number of carbonyl (C=O) groups excluding carboxylic acids is 3. The van der Waals surface area contributed by atoms with Gasteiger partial charge in [-0.15, -0.1) is 0 Å². The van der Waals surface area contributed by atoms with Crippen molar-refractivity contribution >= 4 is 17.9 Å². The molecule has 0 aromatic heterocycles. The summed E-state index contributed by atoms with van der Waals surface area (Å²) in [6.45, 7) is 11.3. The first kappa shape index (κ1) is 53.4. The van der Waals surface area contributed by atoms with E-state index in [4.69, 9.17) is 14.2 Å². The highest BCUT2D eigenvalue weighted by atomic mass is 16.6. The van der Waals surface area contributed by atoms with E-state index in [0.717, 1.165) is 69.6 Å². The minimum absolute atomic E-state index is 0.0649. The average Bonchev–Trinajstić information content (AvgIpc) is 3.17. The van der Waals surface area contributed by atoms with Gasteiger partial charge < -0.3 is 14.2 Å². The highest BCUT2D eigenvalue weighted by Gasteiger charge is 2.19. The van der Waals surface area contributed by atoms with Crippen LogP contribution >= 0.6 is 0 Å². The van der Waals surface area contributed by atoms with E-state index in [9.17, 15) is 14.4 Å². The van der Waals surface area contributed by atoms with Crippen LogP contribution in [0.25, 0.3) is 0 Å². The highest BCUT2D eigenvalue weighted by Crippen LogP contribution is 2.17. The van der Waals surface area contributed by atoms with Crippen LogP contribution in [-0.4, -0.2) is 37.2 Å². The molecular formula is C49H94O6. The standard InChI is InChI=1S/C49H94O6/c1-6-8-9-10-11-12-20-23-29-34-39-47(50)53-42-46(43-54-48(51)40-35-30-26-25-28-33-38-45(5)7-2)55-49(52)41-36-31-24-21-18-16-14-13-15-17-19-22-27-32-37-44(3)4/h44-46H,6-43H2,1-5H3/t45?,46-/m0/s1. The summed E-state index contributed by atoms with van der Waals surface area (Å²) in [4.78, 5) is 37.7. The van der Waals surface area contributed by atoms with Crippen molar-refractivity contribution in [1.82, 2.24) is 0 Å². The molecule has 0 fully saturated rings. The molecule has 0 saturated heterocycles. The summed E-state index contributed by atoms with van der Waals surface area (Å²) in [6.07, 6.45) is 40.9. The Hall–Kier alpha value is -1.59. The van der Waals surface area contributed by atoms with Crippen LogP contribution in [0.1, 0.15) is 266 Å². The maximum atomic E-state index is 12.7. The Balaban J connectivity index is 4.29. The monoisotopic (exact) mass is 779 g/mol. The summed E-state index contributed by atoms with van der Waals surface area (Å²) in [5.41, 5.74) is 0. The van der Waals surface area contributed by atoms with Gasteiger partial charge in [-0.1, -0.05) is 227 Å². The fourth-order valence-corrected chi connectivity index (χ4v) is 7.25. The van der Waals surface area contributed by atoms with Gasteiger partial charge >= 0.3 is 17.9 Å². The van der Waals surface area contributed by atoms with Crippen molar-refractivity contribution in [2.75, 3.05) is 13.2 Å². The van der Waals surface area contributed by atoms with Crippen LogP contribution in [0.5, 0.6) is 0 Å². The van der Waals surface area contributed by atoms with Gasteiger partial charge in [0.25, 0.3) is 0 Å². The summed E-state index contributed by atoms with van der Waals surface area (Å²) in [6, 6.07) is 0. The molecule has 0 heterocycles. The third kappa shape index (κ3) is 41.9. The lowest BCUT2D eigenvalue weighted by Crippen LogP contribution is -2.30. The molecule has 0 aliphatic carbocycles. The largest absolute Gasteiger partial charge is 0.462 e. The molecule has 2 atom stereocenters. The molecule has 0 radical (unpaired) electrons. The summed E-state index contributed by atoms with van der Waals surface area (Å²) >= 11 is 0. The second-order valence-corrected chi connectivity index (χ2v) is 17.5. The Labute approximate surface area is 342 Å². The Bertz CT molecular complexity index is 841. The number of rotatable bonds is 43. The number of hydrogen-bond donors (Lipinski definition) is 0. The van der Waals surface area contributed by atoms with Crippen LogP contribution < -0.4 is 0 Å². The highest BCUT2D eigenvalue weighted by molar-refractivity contribution is 5.71. The van der Waals surface area contributed by atoms with E-state index in [1.54, 1.807) is 0 Å². The first-order chi connectivity index (χ1) is 26.8. The molecule has 0 spiro atoms. The molecule has 0 aromatic rings. The third-order valence-corrected chi connectivity index (χ3v) is 11.3. The molecule has 0 aliphatic heterocycles. The lowest BCUT2D eigenvalue weighted by Gasteiger charge is -2.18. The zero-order valence-corrected chi connectivity index (χ0v) is 37.6. The minimum Gasteiger partial charge on any atom is -0.462 e. The predicted octanol–water partition coefficient (Wildman–Crippen LogP) is 15.4. The van der Waals surface area contributed by atoms with E-state index < -0.39 is 6.10 Å². The molecule has 0 aromatic carbocycles. The lowest BCUT2D eigenvalue weighted by molar-refractivity contribution is -0.167. The maximum Gasteiger partial charge on any atom is 0.306 e. The van der Waals surface area contributed by atoms with Crippen molar-refractivity contribution in [3.63, 3.8) is 0 Å². The topological polar surface area (TPSA) is 78.9 Å². The Morgan fingerprint density at radius 1 is 0.382 bits per heavy atom. The van der Waals surface area contributed by atoms with E-state index in [0.29, 0.717) is 19.3 Å². The molecule has 326 valence electrons. The molecule has 0 aliphatic rings. The quantitative estimate of drug-likeness (QED) is 0.0348. The van der Waals surface area contributed by atoms with Crippen molar-refractivity contribution in [2.45, 2.75) is 272 Å². The number of unbranched alkanes of at least 4 members (excludes halogenated alkanes) is 27. The van der Waals surface area contributed by atoms with Gasteiger partial charge in [0.15, 0.2) is 6.10 Å². The molecule has 1 unspecified atom stereocenters. The fourth-order valence-electron chi connectivity index (χ4n) is 7.25. The van der Waals surface area contributed by atoms with Gasteiger partial charge in [-0.25, -0.2) is 0 Å². The normalized spacial score (nSPS) is 12.5. The number of hydrogen-bond acceptors (Lipinski definition) is 6. The van der Waals surface area contributed by atoms with Gasteiger partial charge in [0.1, 0.15) is 13.2 Å². The molecule has 6 heteroatoms. The van der Waals surface area contributed by atoms with Crippen molar-refractivity contribution in [3.05, 3.63) is 0 Å². The molecule has 0 N–H and O–H groups in total. The van der Waals surface area contributed by atoms with Crippen LogP contribution in [0.4, 0.5) is 0 Å². The van der Waals surface area contributed by atoms with Crippen LogP contribution in [0.3, 0.4) is 0 Å². The second-order valence-electron chi connectivity index (χ2n) is 17.5. The zero-order chi connectivity index (χ0) is 40.5. The van der Waals surface area contributed by atoms with Gasteiger partial charge in [0, 0.05) is 19.3 Å². The van der Waals surface area contributed by atoms with Gasteiger partial charge in [0.2, 0.25) is 0 Å². The Morgan fingerprint density at radius 2 is 0.691 bits per heavy atom. The third-order valence-electron chi connectivity index (χ3n) is 11.3. The molecule has 0 rings (SSSR count). The van der Waals surface area contributed by atoms with Crippen LogP contribution in [-0.2, 0) is 28.6 Å². The summed E-state index contributed by atoms with van der Waals surface area (Å²) in [7, 11) is 0. The molecule has 0 bridgehead atoms. The van der Waals surface area contributed by atoms with E-state index in [-0.39, 0.29) is 31.1 Å². The lowest BCUT2D eigenvalue weighted by atomic mass is 10.00. The summed E-state index contributed by atoms with van der Waals surface area (Å²) in [5.74, 6) is 0.801. The summed E-state index contributed by atoms with van der Waals surface area (Å²) < 4.78 is 16.7. The van der Waals surface area contributed by atoms with Crippen molar-refractivity contribution in [1.29, 1.82) is 0 Å². The first-order valence-corrected chi connectivity index (χ1v) is 24.3. The van der Waals surface area contributed by atoms with Crippen LogP contribution in [0.15, 0.2) is 0 Å². The van der Waals surface area contributed by atoms with Crippen molar-refractivity contribution in [2.24, 2.45) is 11.8 Å². The van der Waals surface area contributed by atoms with Crippen LogP contribution in [0.2, 0.25) is 0 Å². The van der Waals surface area contributed by atoms with Gasteiger partial charge in [-0.05, 0) is 31.1 Å². The number of ether oxygens (including phenoxy) is 3. The van der Waals surface area contributed by atoms with Crippen molar-refractivity contribution < 1.29 is 28.6 Å². The van der Waals surface area contributed by atoms with E-state index >= 15 is 0 Å². The second kappa shape index (κ2) is 42.0. The average molecular weight is 779 g/mol. The minimum atomic E-state index is -0.761. The maximum absolute atomic E-state index is 12.7. The van der Waals surface area contributed by atoms with Gasteiger partial charge in [0.05, 0.1) is 0 Å². The smallest absolute Gasteiger partial charge is 0.306 e. The Morgan fingerprint density at radius 3 is 1.04 bits per heavy atom. The molecular weight excluding hydrogens is 685 g/mol. The predicted molar refractivity (Wildman–Crippen MR) is 233 cm³/mol. The number of carbonyl (C=O) groups is 3. The van der Waals surface area contributed by atoms with E-state index in [1.165, 1.54) is 154 Å². The van der Waals surface area contributed by atoms with Gasteiger partial charge in [-0.3, -0.25) is 14.4 Å². The van der Waals surface area contributed by atoms with E-state index in [2.05, 4.69) is 34.6 Å². The van der Waals surface area contributed by atoms with Gasteiger partial charge in [-0.2, -0.15) is 0 Å². The van der Waals surface area contributed by atoms with E-state index in [1.807, 2.05) is 0 Å². The molecule has 0 amide bonds. The first-order valence-electron chi connectivity index (χ1n) is 24.3. The molecule has 55 heavy (non-hydrogen) atoms. The zero-order valence-electron chi connectivity index (χ0n) is 37.6. The molecule has 0 saturated carbocycles. The number of esters is 3. The summed E-state index contributed by atoms with van der Waals surface area (Å²) in [5, 5.41) is 0. The molecule has 6 nitrogen and oxygen atoms in total. The SMILES string of the molecule is CCCCCCCCCCCCC(=O)OC[C@@H](COC(=O)CCCCCCCCC(C)CC)OC(=O)CCCCCCCCCCCCCCCCC(C)C. The Kier molecular flexibility index (Phi) is 40.8. The van der Waals surface area contributed by atoms with Crippen molar-refractivity contribution in [3.8, 4) is 0 Å². The van der Waals surface area contributed by atoms with Crippen LogP contribution in [0, 0.1) is 11.8 Å². The fraction of sp³-hybridized carbons (Fsp3) is 0.939.